The number of carbonyl (C=O) groups is 1. The number of hydrogen-bond donors (Lipinski definition) is 0. The molecule has 0 atom stereocenters. The van der Waals surface area contributed by atoms with Crippen LogP contribution in [0, 0.1) is 0 Å². The quantitative estimate of drug-likeness (QED) is 0.751. The predicted molar refractivity (Wildman–Crippen MR) is 81.0 cm³/mol. The normalized spacial score (nSPS) is 16.8. The summed E-state index contributed by atoms with van der Waals surface area (Å²) in [4.78, 5) is 15.5. The first kappa shape index (κ1) is 19.4. The molecule has 1 aliphatic rings. The topological polar surface area (TPSA) is 32.8 Å². The molecule has 0 saturated carbocycles. The third kappa shape index (κ3) is 4.59. The summed E-state index contributed by atoms with van der Waals surface area (Å²) < 4.78 is 67.6. The summed E-state index contributed by atoms with van der Waals surface area (Å²) in [6, 6.07) is 6.71. The van der Waals surface area contributed by atoms with E-state index in [4.69, 9.17) is 4.74 Å². The van der Waals surface area contributed by atoms with E-state index in [1.165, 1.54) is 16.9 Å². The zero-order chi connectivity index (χ0) is 18.7. The summed E-state index contributed by atoms with van der Waals surface area (Å²) in [5.41, 5.74) is 0.391. The number of methoxy groups -OCH3 is 1. The van der Waals surface area contributed by atoms with E-state index in [1.54, 1.807) is 24.3 Å². The van der Waals surface area contributed by atoms with Crippen LogP contribution in [0.15, 0.2) is 24.3 Å². The zero-order valence-electron chi connectivity index (χ0n) is 13.7. The molecule has 0 N–H and O–H groups in total. The predicted octanol–water partition coefficient (Wildman–Crippen LogP) is 3.04. The van der Waals surface area contributed by atoms with Crippen molar-refractivity contribution in [3.8, 4) is 5.75 Å². The molecule has 1 fully saturated rings. The van der Waals surface area contributed by atoms with Crippen molar-refractivity contribution < 1.29 is 31.5 Å². The average molecular weight is 366 g/mol. The average Bonchev–Trinajstić information content (AvgIpc) is 2.59. The van der Waals surface area contributed by atoms with Gasteiger partial charge in [0.15, 0.2) is 0 Å². The highest BCUT2D eigenvalue weighted by Gasteiger charge is 2.56. The Labute approximate surface area is 142 Å². The number of nitrogens with zero attached hydrogens (tertiary/aromatic N) is 2. The minimum absolute atomic E-state index is 0.245. The summed E-state index contributed by atoms with van der Waals surface area (Å²) >= 11 is 0. The van der Waals surface area contributed by atoms with Gasteiger partial charge in [0.25, 0.3) is 5.91 Å². The van der Waals surface area contributed by atoms with Crippen LogP contribution in [0.25, 0.3) is 0 Å². The number of piperazine rings is 1. The lowest BCUT2D eigenvalue weighted by Gasteiger charge is -2.35. The van der Waals surface area contributed by atoms with Crippen molar-refractivity contribution >= 4 is 5.91 Å². The van der Waals surface area contributed by atoms with Gasteiger partial charge in [-0.05, 0) is 12.1 Å². The number of hydrogen-bond acceptors (Lipinski definition) is 3. The van der Waals surface area contributed by atoms with Crippen molar-refractivity contribution in [1.29, 1.82) is 0 Å². The zero-order valence-corrected chi connectivity index (χ0v) is 13.7. The van der Waals surface area contributed by atoms with Crippen LogP contribution in [-0.4, -0.2) is 67.6 Å². The molecule has 140 valence electrons. The molecule has 0 aliphatic carbocycles. The fourth-order valence-electron chi connectivity index (χ4n) is 2.61. The highest BCUT2D eigenvalue weighted by atomic mass is 19.4. The smallest absolute Gasteiger partial charge is 0.453 e. The summed E-state index contributed by atoms with van der Waals surface area (Å²) in [7, 11) is 1.45. The Hall–Kier alpha value is -1.90. The van der Waals surface area contributed by atoms with Crippen molar-refractivity contribution in [2.75, 3.05) is 39.8 Å². The first-order chi connectivity index (χ1) is 11.7. The molecule has 1 saturated heterocycles. The molecule has 2 rings (SSSR count). The van der Waals surface area contributed by atoms with Gasteiger partial charge in [-0.15, -0.1) is 0 Å². The minimum atomic E-state index is -5.53. The largest absolute Gasteiger partial charge is 0.496 e. The second-order valence-electron chi connectivity index (χ2n) is 5.79. The van der Waals surface area contributed by atoms with Crippen LogP contribution < -0.4 is 4.74 Å². The van der Waals surface area contributed by atoms with E-state index in [0.29, 0.717) is 11.3 Å². The Kier molecular flexibility index (Phi) is 5.87. The van der Waals surface area contributed by atoms with Crippen molar-refractivity contribution in [2.24, 2.45) is 0 Å². The molecule has 1 heterocycles. The highest BCUT2D eigenvalue weighted by Crippen LogP contribution is 2.38. The lowest BCUT2D eigenvalue weighted by Crippen LogP contribution is -2.50. The van der Waals surface area contributed by atoms with Crippen molar-refractivity contribution in [3.05, 3.63) is 29.8 Å². The van der Waals surface area contributed by atoms with Gasteiger partial charge in [0.05, 0.1) is 12.7 Å². The van der Waals surface area contributed by atoms with Gasteiger partial charge in [-0.2, -0.15) is 22.0 Å². The van der Waals surface area contributed by atoms with Crippen LogP contribution in [0.2, 0.25) is 0 Å². The van der Waals surface area contributed by atoms with E-state index in [-0.39, 0.29) is 38.6 Å². The standard InChI is InChI=1S/C16H19F5N2O2/c1-25-13-5-3-2-4-12(13)14(24)23-10-8-22(9-11-23)7-6-15(17,18)16(19,20)21/h2-5H,6-11H2,1H3. The molecule has 0 spiro atoms. The molecular weight excluding hydrogens is 347 g/mol. The Balaban J connectivity index is 1.88. The van der Waals surface area contributed by atoms with Gasteiger partial charge < -0.3 is 9.64 Å². The molecule has 0 radical (unpaired) electrons. The van der Waals surface area contributed by atoms with E-state index < -0.39 is 18.5 Å². The molecular formula is C16H19F5N2O2. The molecule has 4 nitrogen and oxygen atoms in total. The fourth-order valence-corrected chi connectivity index (χ4v) is 2.61. The van der Waals surface area contributed by atoms with Gasteiger partial charge in [-0.3, -0.25) is 9.69 Å². The van der Waals surface area contributed by atoms with E-state index in [9.17, 15) is 26.7 Å². The van der Waals surface area contributed by atoms with Crippen LogP contribution in [0.4, 0.5) is 22.0 Å². The number of halogens is 5. The monoisotopic (exact) mass is 366 g/mol. The number of carbonyl (C=O) groups excluding carboxylic acids is 1. The molecule has 0 bridgehead atoms. The summed E-state index contributed by atoms with van der Waals surface area (Å²) in [6.07, 6.45) is -6.81. The Bertz CT molecular complexity index is 598. The lowest BCUT2D eigenvalue weighted by atomic mass is 10.1. The minimum Gasteiger partial charge on any atom is -0.496 e. The van der Waals surface area contributed by atoms with Crippen molar-refractivity contribution in [3.63, 3.8) is 0 Å². The number of ether oxygens (including phenoxy) is 1. The summed E-state index contributed by atoms with van der Waals surface area (Å²) in [6.45, 7) is 0.635. The number of amides is 1. The fraction of sp³-hybridized carbons (Fsp3) is 0.562. The van der Waals surface area contributed by atoms with Gasteiger partial charge in [0.2, 0.25) is 0 Å². The van der Waals surface area contributed by atoms with Crippen LogP contribution in [0.3, 0.4) is 0 Å². The van der Waals surface area contributed by atoms with E-state index in [0.717, 1.165) is 0 Å². The highest BCUT2D eigenvalue weighted by molar-refractivity contribution is 5.97. The van der Waals surface area contributed by atoms with E-state index in [1.807, 2.05) is 0 Å². The third-order valence-electron chi connectivity index (χ3n) is 4.15. The molecule has 25 heavy (non-hydrogen) atoms. The number of alkyl halides is 5. The van der Waals surface area contributed by atoms with Crippen LogP contribution in [0.1, 0.15) is 16.8 Å². The number of para-hydroxylation sites is 1. The van der Waals surface area contributed by atoms with Gasteiger partial charge in [0.1, 0.15) is 5.75 Å². The SMILES string of the molecule is COc1ccccc1C(=O)N1CCN(CCC(F)(F)C(F)(F)F)CC1. The molecule has 0 aromatic heterocycles. The van der Waals surface area contributed by atoms with E-state index >= 15 is 0 Å². The Morgan fingerprint density at radius 1 is 1.08 bits per heavy atom. The maximum Gasteiger partial charge on any atom is 0.453 e. The second-order valence-corrected chi connectivity index (χ2v) is 5.79. The van der Waals surface area contributed by atoms with Crippen LogP contribution in [0.5, 0.6) is 5.75 Å². The summed E-state index contributed by atoms with van der Waals surface area (Å²) in [5, 5.41) is 0. The first-order valence-electron chi connectivity index (χ1n) is 7.75. The molecule has 1 amide bonds. The summed E-state index contributed by atoms with van der Waals surface area (Å²) in [5.74, 6) is -4.52. The van der Waals surface area contributed by atoms with Gasteiger partial charge in [-0.25, -0.2) is 0 Å². The van der Waals surface area contributed by atoms with E-state index in [2.05, 4.69) is 0 Å². The molecule has 1 aliphatic heterocycles. The Morgan fingerprint density at radius 3 is 2.24 bits per heavy atom. The third-order valence-corrected chi connectivity index (χ3v) is 4.15. The number of benzene rings is 1. The van der Waals surface area contributed by atoms with Crippen LogP contribution in [-0.2, 0) is 0 Å². The molecule has 1 aromatic rings. The lowest BCUT2D eigenvalue weighted by molar-refractivity contribution is -0.285. The van der Waals surface area contributed by atoms with Crippen LogP contribution >= 0.6 is 0 Å². The first-order valence-corrected chi connectivity index (χ1v) is 7.75. The Morgan fingerprint density at radius 2 is 1.68 bits per heavy atom. The maximum atomic E-state index is 13.0. The van der Waals surface area contributed by atoms with Gasteiger partial charge in [0, 0.05) is 39.1 Å². The van der Waals surface area contributed by atoms with Gasteiger partial charge >= 0.3 is 12.1 Å². The molecule has 9 heteroatoms. The molecule has 0 unspecified atom stereocenters. The number of rotatable bonds is 5. The van der Waals surface area contributed by atoms with Crippen molar-refractivity contribution in [2.45, 2.75) is 18.5 Å². The van der Waals surface area contributed by atoms with Crippen molar-refractivity contribution in [1.82, 2.24) is 9.80 Å². The van der Waals surface area contributed by atoms with Gasteiger partial charge in [-0.1, -0.05) is 12.1 Å². The second kappa shape index (κ2) is 7.55. The maximum absolute atomic E-state index is 13.0. The molecule has 1 aromatic carbocycles.